The van der Waals surface area contributed by atoms with Gasteiger partial charge >= 0.3 is 0 Å². The second-order valence-corrected chi connectivity index (χ2v) is 4.17. The maximum Gasteiger partial charge on any atom is 0.257 e. The second-order valence-electron chi connectivity index (χ2n) is 4.17. The fourth-order valence-corrected chi connectivity index (χ4v) is 1.89. The summed E-state index contributed by atoms with van der Waals surface area (Å²) in [7, 11) is 0. The standard InChI is InChI=1S/C12H16N2O3/c1-8-2-3-9(11(16)10(8)15)12(17)14-6-4-13-5-7-14/h2-3,13,15-16H,4-7H2,1H3. The van der Waals surface area contributed by atoms with E-state index in [2.05, 4.69) is 5.32 Å². The molecule has 0 aromatic heterocycles. The summed E-state index contributed by atoms with van der Waals surface area (Å²) in [6.45, 7) is 4.42. The summed E-state index contributed by atoms with van der Waals surface area (Å²) >= 11 is 0. The number of nitrogens with one attached hydrogen (secondary N) is 1. The third-order valence-electron chi connectivity index (χ3n) is 2.99. The highest BCUT2D eigenvalue weighted by molar-refractivity contribution is 5.97. The average molecular weight is 236 g/mol. The molecule has 1 heterocycles. The second kappa shape index (κ2) is 4.63. The molecule has 0 atom stereocenters. The Morgan fingerprint density at radius 2 is 1.88 bits per heavy atom. The van der Waals surface area contributed by atoms with E-state index in [9.17, 15) is 15.0 Å². The van der Waals surface area contributed by atoms with Gasteiger partial charge in [-0.3, -0.25) is 4.79 Å². The summed E-state index contributed by atoms with van der Waals surface area (Å²) in [5.41, 5.74) is 0.717. The van der Waals surface area contributed by atoms with Crippen LogP contribution in [0.4, 0.5) is 0 Å². The highest BCUT2D eigenvalue weighted by atomic mass is 16.3. The lowest BCUT2D eigenvalue weighted by molar-refractivity contribution is 0.0732. The number of aromatic hydroxyl groups is 2. The summed E-state index contributed by atoms with van der Waals surface area (Å²) < 4.78 is 0. The Bertz CT molecular complexity index is 440. The van der Waals surface area contributed by atoms with Gasteiger partial charge in [0.15, 0.2) is 11.5 Å². The zero-order valence-electron chi connectivity index (χ0n) is 9.73. The van der Waals surface area contributed by atoms with Gasteiger partial charge < -0.3 is 20.4 Å². The maximum atomic E-state index is 12.1. The van der Waals surface area contributed by atoms with Crippen LogP contribution in [0.1, 0.15) is 15.9 Å². The van der Waals surface area contributed by atoms with Crippen molar-refractivity contribution in [1.82, 2.24) is 10.2 Å². The van der Waals surface area contributed by atoms with E-state index in [1.165, 1.54) is 0 Å². The van der Waals surface area contributed by atoms with Crippen molar-refractivity contribution in [2.45, 2.75) is 6.92 Å². The Hall–Kier alpha value is -1.75. The summed E-state index contributed by atoms with van der Waals surface area (Å²) in [5, 5.41) is 22.5. The van der Waals surface area contributed by atoms with Crippen molar-refractivity contribution >= 4 is 5.91 Å². The lowest BCUT2D eigenvalue weighted by atomic mass is 10.1. The molecule has 0 saturated carbocycles. The minimum atomic E-state index is -0.325. The highest BCUT2D eigenvalue weighted by Gasteiger charge is 2.22. The van der Waals surface area contributed by atoms with E-state index in [0.29, 0.717) is 18.7 Å². The van der Waals surface area contributed by atoms with Crippen molar-refractivity contribution in [2.24, 2.45) is 0 Å². The predicted molar refractivity (Wildman–Crippen MR) is 63.3 cm³/mol. The van der Waals surface area contributed by atoms with Gasteiger partial charge in [0.05, 0.1) is 5.56 Å². The van der Waals surface area contributed by atoms with E-state index in [1.807, 2.05) is 0 Å². The summed E-state index contributed by atoms with van der Waals surface area (Å²) in [6, 6.07) is 3.18. The molecule has 5 nitrogen and oxygen atoms in total. The lowest BCUT2D eigenvalue weighted by Crippen LogP contribution is -2.46. The molecule has 1 fully saturated rings. The molecular formula is C12H16N2O3. The van der Waals surface area contributed by atoms with Gasteiger partial charge in [0, 0.05) is 26.2 Å². The number of carbonyl (C=O) groups is 1. The lowest BCUT2D eigenvalue weighted by Gasteiger charge is -2.27. The molecule has 0 bridgehead atoms. The van der Waals surface area contributed by atoms with Gasteiger partial charge in [-0.15, -0.1) is 0 Å². The Morgan fingerprint density at radius 1 is 1.24 bits per heavy atom. The Labute approximate surface area is 99.7 Å². The molecule has 1 amide bonds. The van der Waals surface area contributed by atoms with Gasteiger partial charge in [-0.05, 0) is 18.6 Å². The Morgan fingerprint density at radius 3 is 2.53 bits per heavy atom. The molecule has 2 rings (SSSR count). The number of hydrogen-bond acceptors (Lipinski definition) is 4. The first-order valence-corrected chi connectivity index (χ1v) is 5.63. The molecule has 1 aliphatic rings. The summed E-state index contributed by atoms with van der Waals surface area (Å²) in [4.78, 5) is 13.8. The van der Waals surface area contributed by atoms with E-state index in [1.54, 1.807) is 24.0 Å². The average Bonchev–Trinajstić information content (AvgIpc) is 2.36. The minimum absolute atomic E-state index is 0.162. The van der Waals surface area contributed by atoms with Crippen molar-refractivity contribution in [1.29, 1.82) is 0 Å². The summed E-state index contributed by atoms with van der Waals surface area (Å²) in [5.74, 6) is -0.779. The number of carbonyl (C=O) groups excluding carboxylic acids is 1. The van der Waals surface area contributed by atoms with E-state index in [4.69, 9.17) is 0 Å². The van der Waals surface area contributed by atoms with Crippen LogP contribution in [0.2, 0.25) is 0 Å². The SMILES string of the molecule is Cc1ccc(C(=O)N2CCNCC2)c(O)c1O. The number of phenolic OH excluding ortho intramolecular Hbond substituents is 2. The van der Waals surface area contributed by atoms with Gasteiger partial charge in [0.1, 0.15) is 0 Å². The van der Waals surface area contributed by atoms with Crippen molar-refractivity contribution in [2.75, 3.05) is 26.2 Å². The van der Waals surface area contributed by atoms with Gasteiger partial charge in [0.2, 0.25) is 0 Å². The first kappa shape index (κ1) is 11.7. The van der Waals surface area contributed by atoms with Gasteiger partial charge in [0.25, 0.3) is 5.91 Å². The molecule has 17 heavy (non-hydrogen) atoms. The van der Waals surface area contributed by atoms with Crippen LogP contribution in [-0.4, -0.2) is 47.2 Å². The number of piperazine rings is 1. The minimum Gasteiger partial charge on any atom is -0.504 e. The molecule has 0 aliphatic carbocycles. The third kappa shape index (κ3) is 2.19. The number of amides is 1. The largest absolute Gasteiger partial charge is 0.504 e. The van der Waals surface area contributed by atoms with Crippen LogP contribution in [0.25, 0.3) is 0 Å². The van der Waals surface area contributed by atoms with Gasteiger partial charge in [-0.2, -0.15) is 0 Å². The number of rotatable bonds is 1. The summed E-state index contributed by atoms with van der Waals surface area (Å²) in [6.07, 6.45) is 0. The number of phenols is 2. The van der Waals surface area contributed by atoms with Crippen LogP contribution >= 0.6 is 0 Å². The van der Waals surface area contributed by atoms with E-state index >= 15 is 0 Å². The van der Waals surface area contributed by atoms with Crippen molar-refractivity contribution < 1.29 is 15.0 Å². The number of aryl methyl sites for hydroxylation is 1. The Kier molecular flexibility index (Phi) is 3.19. The number of benzene rings is 1. The number of nitrogens with zero attached hydrogens (tertiary/aromatic N) is 1. The molecule has 3 N–H and O–H groups in total. The van der Waals surface area contributed by atoms with Crippen LogP contribution in [0, 0.1) is 6.92 Å². The molecule has 1 aromatic carbocycles. The first-order chi connectivity index (χ1) is 8.11. The predicted octanol–water partition coefficient (Wildman–Crippen LogP) is 0.452. The van der Waals surface area contributed by atoms with Gasteiger partial charge in [-0.1, -0.05) is 6.07 Å². The molecule has 0 radical (unpaired) electrons. The molecule has 92 valence electrons. The maximum absolute atomic E-state index is 12.1. The van der Waals surface area contributed by atoms with Crippen LogP contribution in [0.15, 0.2) is 12.1 Å². The normalized spacial score (nSPS) is 15.9. The molecule has 0 unspecified atom stereocenters. The zero-order chi connectivity index (χ0) is 12.4. The van der Waals surface area contributed by atoms with Crippen LogP contribution in [0.5, 0.6) is 11.5 Å². The quantitative estimate of drug-likeness (QED) is 0.619. The fraction of sp³-hybridized carbons (Fsp3) is 0.417. The van der Waals surface area contributed by atoms with E-state index in [-0.39, 0.29) is 23.0 Å². The van der Waals surface area contributed by atoms with Crippen molar-refractivity contribution in [3.63, 3.8) is 0 Å². The molecular weight excluding hydrogens is 220 g/mol. The monoisotopic (exact) mass is 236 g/mol. The fourth-order valence-electron chi connectivity index (χ4n) is 1.89. The zero-order valence-corrected chi connectivity index (χ0v) is 9.73. The molecule has 1 saturated heterocycles. The van der Waals surface area contributed by atoms with Crippen LogP contribution in [-0.2, 0) is 0 Å². The third-order valence-corrected chi connectivity index (χ3v) is 2.99. The van der Waals surface area contributed by atoms with Crippen LogP contribution < -0.4 is 5.32 Å². The topological polar surface area (TPSA) is 72.8 Å². The van der Waals surface area contributed by atoms with Crippen molar-refractivity contribution in [3.05, 3.63) is 23.3 Å². The van der Waals surface area contributed by atoms with Crippen LogP contribution in [0.3, 0.4) is 0 Å². The Balaban J connectivity index is 2.27. The molecule has 1 aliphatic heterocycles. The smallest absolute Gasteiger partial charge is 0.257 e. The number of hydrogen-bond donors (Lipinski definition) is 3. The highest BCUT2D eigenvalue weighted by Crippen LogP contribution is 2.32. The first-order valence-electron chi connectivity index (χ1n) is 5.63. The van der Waals surface area contributed by atoms with E-state index < -0.39 is 0 Å². The van der Waals surface area contributed by atoms with Crippen molar-refractivity contribution in [3.8, 4) is 11.5 Å². The molecule has 0 spiro atoms. The molecule has 5 heteroatoms. The van der Waals surface area contributed by atoms with Gasteiger partial charge in [-0.25, -0.2) is 0 Å². The van der Waals surface area contributed by atoms with E-state index in [0.717, 1.165) is 13.1 Å². The molecule has 1 aromatic rings.